The van der Waals surface area contributed by atoms with E-state index in [2.05, 4.69) is 5.32 Å². The third-order valence-electron chi connectivity index (χ3n) is 3.82. The first kappa shape index (κ1) is 16.4. The minimum Gasteiger partial charge on any atom is -0.376 e. The highest BCUT2D eigenvalue weighted by Crippen LogP contribution is 2.25. The molecule has 1 heterocycles. The van der Waals surface area contributed by atoms with Crippen LogP contribution < -0.4 is 5.32 Å². The molecule has 1 aliphatic rings. The summed E-state index contributed by atoms with van der Waals surface area (Å²) in [6.45, 7) is 7.71. The molecule has 118 valence electrons. The molecule has 1 saturated heterocycles. The topological polar surface area (TPSA) is 58.6 Å². The number of aryl methyl sites for hydroxylation is 2. The molecule has 1 aromatic carbocycles. The molecule has 1 unspecified atom stereocenters. The summed E-state index contributed by atoms with van der Waals surface area (Å²) in [5.74, 6) is 0. The van der Waals surface area contributed by atoms with Gasteiger partial charge in [0, 0.05) is 19.6 Å². The predicted molar refractivity (Wildman–Crippen MR) is 82.9 cm³/mol. The maximum Gasteiger partial charge on any atom is 0.243 e. The summed E-state index contributed by atoms with van der Waals surface area (Å²) < 4.78 is 32.7. The monoisotopic (exact) mass is 312 g/mol. The molecule has 0 aromatic heterocycles. The lowest BCUT2D eigenvalue weighted by atomic mass is 10.1. The van der Waals surface area contributed by atoms with Gasteiger partial charge in [0.2, 0.25) is 10.0 Å². The van der Waals surface area contributed by atoms with E-state index in [1.807, 2.05) is 33.9 Å². The number of nitrogens with one attached hydrogen (secondary N) is 1. The van der Waals surface area contributed by atoms with Crippen molar-refractivity contribution in [2.75, 3.05) is 26.7 Å². The molecule has 0 amide bonds. The summed E-state index contributed by atoms with van der Waals surface area (Å²) in [7, 11) is -1.60. The number of ether oxygens (including phenoxy) is 1. The Morgan fingerprint density at radius 2 is 2.05 bits per heavy atom. The summed E-state index contributed by atoms with van der Waals surface area (Å²) in [5.41, 5.74) is 2.92. The average Bonchev–Trinajstić information content (AvgIpc) is 2.41. The first-order chi connectivity index (χ1) is 9.86. The van der Waals surface area contributed by atoms with Crippen LogP contribution in [-0.4, -0.2) is 45.6 Å². The number of benzene rings is 1. The Labute approximate surface area is 127 Å². The number of morpholine rings is 1. The standard InChI is InChI=1S/C15H24N2O3S/c1-11-7-12(2)15(8-14(11)9-16-4)21(18,19)17-5-6-20-13(3)10-17/h7-8,13,16H,5-6,9-10H2,1-4H3. The van der Waals surface area contributed by atoms with Gasteiger partial charge in [-0.15, -0.1) is 0 Å². The van der Waals surface area contributed by atoms with E-state index in [9.17, 15) is 8.42 Å². The van der Waals surface area contributed by atoms with Gasteiger partial charge in [-0.2, -0.15) is 4.31 Å². The molecule has 0 radical (unpaired) electrons. The Hall–Kier alpha value is -0.950. The first-order valence-corrected chi connectivity index (χ1v) is 8.66. The zero-order chi connectivity index (χ0) is 15.6. The van der Waals surface area contributed by atoms with Crippen molar-refractivity contribution in [3.63, 3.8) is 0 Å². The Kier molecular flexibility index (Phi) is 5.03. The fourth-order valence-corrected chi connectivity index (χ4v) is 4.43. The van der Waals surface area contributed by atoms with E-state index in [-0.39, 0.29) is 6.10 Å². The largest absolute Gasteiger partial charge is 0.376 e. The smallest absolute Gasteiger partial charge is 0.243 e. The molecule has 1 aliphatic heterocycles. The van der Waals surface area contributed by atoms with Crippen molar-refractivity contribution in [3.05, 3.63) is 28.8 Å². The maximum absolute atomic E-state index is 12.9. The van der Waals surface area contributed by atoms with Crippen LogP contribution in [0.1, 0.15) is 23.6 Å². The van der Waals surface area contributed by atoms with Gasteiger partial charge >= 0.3 is 0 Å². The van der Waals surface area contributed by atoms with E-state index >= 15 is 0 Å². The van der Waals surface area contributed by atoms with Crippen molar-refractivity contribution in [3.8, 4) is 0 Å². The lowest BCUT2D eigenvalue weighted by Crippen LogP contribution is -2.44. The fraction of sp³-hybridized carbons (Fsp3) is 0.600. The van der Waals surface area contributed by atoms with Gasteiger partial charge in [-0.05, 0) is 50.6 Å². The molecule has 1 fully saturated rings. The molecule has 5 nitrogen and oxygen atoms in total. The molecular weight excluding hydrogens is 288 g/mol. The Morgan fingerprint density at radius 1 is 1.33 bits per heavy atom. The second kappa shape index (κ2) is 6.44. The molecule has 0 aliphatic carbocycles. The number of rotatable bonds is 4. The minimum absolute atomic E-state index is 0.0592. The van der Waals surface area contributed by atoms with Gasteiger partial charge in [-0.1, -0.05) is 6.07 Å². The second-order valence-electron chi connectivity index (χ2n) is 5.62. The summed E-state index contributed by atoms with van der Waals surface area (Å²) in [6.07, 6.45) is -0.0592. The highest BCUT2D eigenvalue weighted by molar-refractivity contribution is 7.89. The van der Waals surface area contributed by atoms with Crippen LogP contribution in [0.2, 0.25) is 0 Å². The van der Waals surface area contributed by atoms with Gasteiger partial charge in [0.25, 0.3) is 0 Å². The van der Waals surface area contributed by atoms with E-state index in [1.54, 1.807) is 6.07 Å². The molecule has 21 heavy (non-hydrogen) atoms. The third kappa shape index (κ3) is 3.45. The highest BCUT2D eigenvalue weighted by Gasteiger charge is 2.30. The summed E-state index contributed by atoms with van der Waals surface area (Å²) in [6, 6.07) is 3.75. The van der Waals surface area contributed by atoms with Crippen LogP contribution in [0, 0.1) is 13.8 Å². The van der Waals surface area contributed by atoms with E-state index in [4.69, 9.17) is 4.74 Å². The van der Waals surface area contributed by atoms with Crippen LogP contribution in [0.15, 0.2) is 17.0 Å². The number of hydrogen-bond donors (Lipinski definition) is 1. The van der Waals surface area contributed by atoms with E-state index in [0.29, 0.717) is 31.1 Å². The average molecular weight is 312 g/mol. The molecular formula is C15H24N2O3S. The van der Waals surface area contributed by atoms with Gasteiger partial charge in [-0.3, -0.25) is 0 Å². The van der Waals surface area contributed by atoms with Crippen molar-refractivity contribution in [1.29, 1.82) is 0 Å². The van der Waals surface area contributed by atoms with Crippen LogP contribution >= 0.6 is 0 Å². The van der Waals surface area contributed by atoms with E-state index in [0.717, 1.165) is 16.7 Å². The fourth-order valence-electron chi connectivity index (χ4n) is 2.68. The molecule has 2 rings (SSSR count). The molecule has 6 heteroatoms. The van der Waals surface area contributed by atoms with Crippen molar-refractivity contribution in [2.24, 2.45) is 0 Å². The predicted octanol–water partition coefficient (Wildman–Crippen LogP) is 1.43. The van der Waals surface area contributed by atoms with Gasteiger partial charge < -0.3 is 10.1 Å². The SMILES string of the molecule is CNCc1cc(S(=O)(=O)N2CCOC(C)C2)c(C)cc1C. The molecule has 1 N–H and O–H groups in total. The second-order valence-corrected chi connectivity index (χ2v) is 7.53. The minimum atomic E-state index is -3.46. The molecule has 0 spiro atoms. The Balaban J connectivity index is 2.41. The van der Waals surface area contributed by atoms with Crippen molar-refractivity contribution >= 4 is 10.0 Å². The summed E-state index contributed by atoms with van der Waals surface area (Å²) in [5, 5.41) is 3.08. The van der Waals surface area contributed by atoms with Gasteiger partial charge in [0.05, 0.1) is 17.6 Å². The molecule has 0 saturated carbocycles. The van der Waals surface area contributed by atoms with Crippen LogP contribution in [-0.2, 0) is 21.3 Å². The van der Waals surface area contributed by atoms with Crippen LogP contribution in [0.5, 0.6) is 0 Å². The normalized spacial score (nSPS) is 20.7. The molecule has 1 aromatic rings. The lowest BCUT2D eigenvalue weighted by Gasteiger charge is -2.31. The number of nitrogens with zero attached hydrogens (tertiary/aromatic N) is 1. The van der Waals surface area contributed by atoms with Crippen molar-refractivity contribution in [2.45, 2.75) is 38.3 Å². The summed E-state index contributed by atoms with van der Waals surface area (Å²) in [4.78, 5) is 0.410. The van der Waals surface area contributed by atoms with Gasteiger partial charge in [0.1, 0.15) is 0 Å². The molecule has 1 atom stereocenters. The maximum atomic E-state index is 12.9. The Morgan fingerprint density at radius 3 is 2.67 bits per heavy atom. The third-order valence-corrected chi connectivity index (χ3v) is 5.83. The lowest BCUT2D eigenvalue weighted by molar-refractivity contribution is 0.0102. The van der Waals surface area contributed by atoms with Gasteiger partial charge in [-0.25, -0.2) is 8.42 Å². The zero-order valence-corrected chi connectivity index (χ0v) is 14.0. The number of hydrogen-bond acceptors (Lipinski definition) is 4. The first-order valence-electron chi connectivity index (χ1n) is 7.22. The van der Waals surface area contributed by atoms with Gasteiger partial charge in [0.15, 0.2) is 0 Å². The highest BCUT2D eigenvalue weighted by atomic mass is 32.2. The van der Waals surface area contributed by atoms with Crippen molar-refractivity contribution < 1.29 is 13.2 Å². The quantitative estimate of drug-likeness (QED) is 0.914. The summed E-state index contributed by atoms with van der Waals surface area (Å²) >= 11 is 0. The molecule has 0 bridgehead atoms. The van der Waals surface area contributed by atoms with Crippen LogP contribution in [0.25, 0.3) is 0 Å². The van der Waals surface area contributed by atoms with E-state index < -0.39 is 10.0 Å². The number of sulfonamides is 1. The van der Waals surface area contributed by atoms with Crippen molar-refractivity contribution in [1.82, 2.24) is 9.62 Å². The van der Waals surface area contributed by atoms with Crippen LogP contribution in [0.4, 0.5) is 0 Å². The van der Waals surface area contributed by atoms with E-state index in [1.165, 1.54) is 4.31 Å². The van der Waals surface area contributed by atoms with Crippen LogP contribution in [0.3, 0.4) is 0 Å². The zero-order valence-electron chi connectivity index (χ0n) is 13.1. The Bertz CT molecular complexity index is 614.